The zero-order valence-corrected chi connectivity index (χ0v) is 5.98. The molecule has 0 aromatic heterocycles. The van der Waals surface area contributed by atoms with E-state index in [2.05, 4.69) is 0 Å². The highest BCUT2D eigenvalue weighted by molar-refractivity contribution is 5.57. The van der Waals surface area contributed by atoms with Gasteiger partial charge < -0.3 is 10.2 Å². The highest BCUT2D eigenvalue weighted by atomic mass is 16.1. The topological polar surface area (TPSA) is 40.9 Å². The molecule has 0 aromatic carbocycles. The van der Waals surface area contributed by atoms with Gasteiger partial charge in [0.25, 0.3) is 0 Å². The zero-order chi connectivity index (χ0) is 7.33. The van der Waals surface area contributed by atoms with Gasteiger partial charge in [-0.2, -0.15) is 0 Å². The van der Waals surface area contributed by atoms with E-state index in [-0.39, 0.29) is 5.41 Å². The molecule has 0 aliphatic heterocycles. The minimum absolute atomic E-state index is 0.0104. The van der Waals surface area contributed by atoms with Crippen LogP contribution in [0.4, 0.5) is 0 Å². The summed E-state index contributed by atoms with van der Waals surface area (Å²) in [7, 11) is 0. The van der Waals surface area contributed by atoms with Gasteiger partial charge in [0.2, 0.25) is 0 Å². The fourth-order valence-corrected chi connectivity index (χ4v) is 0.585. The number of nitrogens with one attached hydrogen (secondary N) is 1. The van der Waals surface area contributed by atoms with Crippen molar-refractivity contribution >= 4 is 12.5 Å². The molecular weight excluding hydrogens is 114 g/mol. The van der Waals surface area contributed by atoms with Crippen molar-refractivity contribution in [2.75, 3.05) is 0 Å². The molecule has 52 valence electrons. The lowest BCUT2D eigenvalue weighted by atomic mass is 9.87. The summed E-state index contributed by atoms with van der Waals surface area (Å²) < 4.78 is 0. The normalized spacial score (nSPS) is 10.9. The first-order chi connectivity index (χ1) is 4.12. The third-order valence-corrected chi connectivity index (χ3v) is 1.29. The Morgan fingerprint density at radius 2 is 2.00 bits per heavy atom. The number of hydrogen-bond donors (Lipinski definition) is 1. The van der Waals surface area contributed by atoms with Crippen LogP contribution in [0, 0.1) is 10.8 Å². The quantitative estimate of drug-likeness (QED) is 0.452. The molecular formula is C7H13NO. The van der Waals surface area contributed by atoms with Gasteiger partial charge in [-0.1, -0.05) is 13.8 Å². The molecule has 0 heterocycles. The number of aldehydes is 1. The van der Waals surface area contributed by atoms with E-state index in [0.717, 1.165) is 6.29 Å². The second-order valence-corrected chi connectivity index (χ2v) is 2.94. The smallest absolute Gasteiger partial charge is 0.120 e. The molecule has 0 saturated heterocycles. The predicted molar refractivity (Wildman–Crippen MR) is 37.9 cm³/mol. The van der Waals surface area contributed by atoms with Crippen LogP contribution in [0.25, 0.3) is 0 Å². The molecule has 0 fully saturated rings. The Kier molecular flexibility index (Phi) is 3.13. The molecule has 0 unspecified atom stereocenters. The number of carbonyl (C=O) groups is 1. The first kappa shape index (κ1) is 8.34. The van der Waals surface area contributed by atoms with Crippen LogP contribution in [0.1, 0.15) is 26.7 Å². The molecule has 0 aliphatic rings. The molecule has 0 radical (unpaired) electrons. The van der Waals surface area contributed by atoms with Gasteiger partial charge in [0.1, 0.15) is 6.29 Å². The molecule has 1 N–H and O–H groups in total. The molecule has 0 bridgehead atoms. The van der Waals surface area contributed by atoms with Gasteiger partial charge in [-0.25, -0.2) is 0 Å². The zero-order valence-electron chi connectivity index (χ0n) is 5.98. The monoisotopic (exact) mass is 127 g/mol. The van der Waals surface area contributed by atoms with Gasteiger partial charge in [0, 0.05) is 6.42 Å². The summed E-state index contributed by atoms with van der Waals surface area (Å²) in [5.74, 6) is 0. The number of hydrogen-bond acceptors (Lipinski definition) is 2. The lowest BCUT2D eigenvalue weighted by molar-refractivity contribution is -0.109. The van der Waals surface area contributed by atoms with E-state index in [9.17, 15) is 4.79 Å². The van der Waals surface area contributed by atoms with Crippen molar-refractivity contribution in [3.8, 4) is 0 Å². The molecule has 0 amide bonds. The van der Waals surface area contributed by atoms with E-state index >= 15 is 0 Å². The molecule has 2 heteroatoms. The van der Waals surface area contributed by atoms with Crippen LogP contribution in [0.5, 0.6) is 0 Å². The molecule has 0 atom stereocenters. The van der Waals surface area contributed by atoms with E-state index in [0.29, 0.717) is 12.8 Å². The fourth-order valence-electron chi connectivity index (χ4n) is 0.585. The molecule has 0 saturated carbocycles. The molecule has 9 heavy (non-hydrogen) atoms. The van der Waals surface area contributed by atoms with Crippen LogP contribution in [-0.2, 0) is 4.79 Å². The summed E-state index contributed by atoms with van der Waals surface area (Å²) in [5, 5.41) is 6.80. The Morgan fingerprint density at radius 3 is 2.33 bits per heavy atom. The summed E-state index contributed by atoms with van der Waals surface area (Å²) in [4.78, 5) is 10.0. The molecule has 2 nitrogen and oxygen atoms in total. The predicted octanol–water partition coefficient (Wildman–Crippen LogP) is 1.64. The van der Waals surface area contributed by atoms with Crippen molar-refractivity contribution in [3.05, 3.63) is 0 Å². The third-order valence-electron chi connectivity index (χ3n) is 1.29. The van der Waals surface area contributed by atoms with Gasteiger partial charge in [0.05, 0.1) is 0 Å². The van der Waals surface area contributed by atoms with Crippen LogP contribution in [-0.4, -0.2) is 12.5 Å². The van der Waals surface area contributed by atoms with Gasteiger partial charge in [-0.05, 0) is 18.1 Å². The van der Waals surface area contributed by atoms with Crippen LogP contribution in [0.15, 0.2) is 0 Å². The van der Waals surface area contributed by atoms with Crippen molar-refractivity contribution in [2.45, 2.75) is 26.7 Å². The largest absolute Gasteiger partial charge is 0.313 e. The van der Waals surface area contributed by atoms with E-state index in [1.165, 1.54) is 6.21 Å². The Hall–Kier alpha value is -0.660. The van der Waals surface area contributed by atoms with Crippen LogP contribution < -0.4 is 0 Å². The van der Waals surface area contributed by atoms with Crippen molar-refractivity contribution in [2.24, 2.45) is 5.41 Å². The van der Waals surface area contributed by atoms with Gasteiger partial charge in [0.15, 0.2) is 0 Å². The minimum atomic E-state index is -0.0104. The molecule has 0 rings (SSSR count). The summed E-state index contributed by atoms with van der Waals surface area (Å²) in [6.07, 6.45) is 3.49. The fraction of sp³-hybridized carbons (Fsp3) is 0.714. The Bertz CT molecular complexity index is 95.5. The van der Waals surface area contributed by atoms with E-state index in [1.807, 2.05) is 13.8 Å². The first-order valence-corrected chi connectivity index (χ1v) is 3.05. The minimum Gasteiger partial charge on any atom is -0.313 e. The highest BCUT2D eigenvalue weighted by Crippen LogP contribution is 2.21. The molecule has 0 aromatic rings. The Morgan fingerprint density at radius 1 is 1.44 bits per heavy atom. The maximum atomic E-state index is 10.0. The first-order valence-electron chi connectivity index (χ1n) is 3.05. The lowest BCUT2D eigenvalue weighted by Crippen LogP contribution is -2.11. The van der Waals surface area contributed by atoms with Crippen LogP contribution >= 0.6 is 0 Å². The Labute approximate surface area is 55.8 Å². The molecule has 0 spiro atoms. The van der Waals surface area contributed by atoms with E-state index in [4.69, 9.17) is 5.41 Å². The summed E-state index contributed by atoms with van der Waals surface area (Å²) >= 11 is 0. The number of rotatable bonds is 4. The average molecular weight is 127 g/mol. The van der Waals surface area contributed by atoms with E-state index < -0.39 is 0 Å². The second kappa shape index (κ2) is 3.38. The SMILES string of the molecule is CC(C)(CC=N)CC=O. The van der Waals surface area contributed by atoms with Crippen molar-refractivity contribution in [1.82, 2.24) is 0 Å². The Balaban J connectivity index is 3.68. The van der Waals surface area contributed by atoms with E-state index in [1.54, 1.807) is 0 Å². The van der Waals surface area contributed by atoms with Gasteiger partial charge in [-0.3, -0.25) is 0 Å². The average Bonchev–Trinajstić information content (AvgIpc) is 1.64. The lowest BCUT2D eigenvalue weighted by Gasteiger charge is -2.17. The summed E-state index contributed by atoms with van der Waals surface area (Å²) in [6.45, 7) is 3.96. The standard InChI is InChI=1S/C7H13NO/c1-7(2,3-5-8)4-6-9/h5-6,8H,3-4H2,1-2H3. The summed E-state index contributed by atoms with van der Waals surface area (Å²) in [5.41, 5.74) is -0.0104. The maximum absolute atomic E-state index is 10.0. The van der Waals surface area contributed by atoms with Crippen molar-refractivity contribution in [3.63, 3.8) is 0 Å². The van der Waals surface area contributed by atoms with Gasteiger partial charge >= 0.3 is 0 Å². The summed E-state index contributed by atoms with van der Waals surface area (Å²) in [6, 6.07) is 0. The molecule has 0 aliphatic carbocycles. The maximum Gasteiger partial charge on any atom is 0.120 e. The second-order valence-electron chi connectivity index (χ2n) is 2.94. The van der Waals surface area contributed by atoms with Crippen LogP contribution in [0.3, 0.4) is 0 Å². The van der Waals surface area contributed by atoms with Crippen molar-refractivity contribution in [1.29, 1.82) is 5.41 Å². The highest BCUT2D eigenvalue weighted by Gasteiger charge is 2.14. The number of carbonyl (C=O) groups excluding carboxylic acids is 1. The van der Waals surface area contributed by atoms with Crippen LogP contribution in [0.2, 0.25) is 0 Å². The van der Waals surface area contributed by atoms with Gasteiger partial charge in [-0.15, -0.1) is 0 Å². The van der Waals surface area contributed by atoms with Crippen molar-refractivity contribution < 1.29 is 4.79 Å². The third kappa shape index (κ3) is 3.88.